The summed E-state index contributed by atoms with van der Waals surface area (Å²) in [7, 11) is -0.788. The van der Waals surface area contributed by atoms with Gasteiger partial charge in [-0.15, -0.1) is 5.10 Å². The van der Waals surface area contributed by atoms with Gasteiger partial charge in [-0.25, -0.2) is 8.42 Å². The van der Waals surface area contributed by atoms with E-state index in [1.54, 1.807) is 43.5 Å². The first-order chi connectivity index (χ1) is 15.4. The molecular formula is C21H22N4O6S. The van der Waals surface area contributed by atoms with E-state index in [9.17, 15) is 13.2 Å². The van der Waals surface area contributed by atoms with Crippen molar-refractivity contribution in [3.8, 4) is 23.0 Å². The number of carbonyl (C=O) groups is 1. The molecule has 0 spiro atoms. The average Bonchev–Trinajstić information content (AvgIpc) is 3.49. The van der Waals surface area contributed by atoms with Crippen molar-refractivity contribution in [2.75, 3.05) is 26.1 Å². The molecule has 1 aliphatic heterocycles. The number of ether oxygens (including phenoxy) is 2. The highest BCUT2D eigenvalue weighted by Crippen LogP contribution is 2.28. The number of hydrogen-bond donors (Lipinski definition) is 1. The highest BCUT2D eigenvalue weighted by molar-refractivity contribution is 7.89. The van der Waals surface area contributed by atoms with Gasteiger partial charge in [-0.3, -0.25) is 10.1 Å². The largest absolute Gasteiger partial charge is 0.497 e. The van der Waals surface area contributed by atoms with Crippen LogP contribution in [0.1, 0.15) is 12.8 Å². The maximum absolute atomic E-state index is 13.1. The minimum absolute atomic E-state index is 0.0950. The minimum Gasteiger partial charge on any atom is -0.497 e. The third-order valence-corrected chi connectivity index (χ3v) is 7.09. The number of rotatable bonds is 7. The third kappa shape index (κ3) is 4.30. The van der Waals surface area contributed by atoms with E-state index < -0.39 is 22.0 Å². The number of sulfonamides is 1. The summed E-state index contributed by atoms with van der Waals surface area (Å²) in [6.45, 7) is 0.243. The van der Waals surface area contributed by atoms with Crippen molar-refractivity contribution in [3.63, 3.8) is 0 Å². The van der Waals surface area contributed by atoms with Crippen LogP contribution in [0.5, 0.6) is 11.5 Å². The quantitative estimate of drug-likeness (QED) is 0.573. The average molecular weight is 458 g/mol. The fourth-order valence-electron chi connectivity index (χ4n) is 3.49. The highest BCUT2D eigenvalue weighted by Gasteiger charge is 2.40. The van der Waals surface area contributed by atoms with Crippen LogP contribution < -0.4 is 14.8 Å². The molecule has 168 valence electrons. The smallest absolute Gasteiger partial charge is 0.322 e. The van der Waals surface area contributed by atoms with E-state index in [4.69, 9.17) is 13.9 Å². The standard InChI is InChI=1S/C21H22N4O6S/c1-29-15-7-5-14(6-8-15)20-23-24-21(31-20)22-19(26)18-4-3-13-25(18)32(27,28)17-11-9-16(30-2)10-12-17/h5-12,18H,3-4,13H2,1-2H3,(H,22,24,26). The van der Waals surface area contributed by atoms with Gasteiger partial charge in [0.1, 0.15) is 17.5 Å². The van der Waals surface area contributed by atoms with Crippen LogP contribution in [0.15, 0.2) is 57.8 Å². The Balaban J connectivity index is 1.48. The molecule has 1 unspecified atom stereocenters. The molecule has 1 aromatic heterocycles. The zero-order valence-electron chi connectivity index (χ0n) is 17.5. The Kier molecular flexibility index (Phi) is 6.10. The number of benzene rings is 2. The molecule has 0 aliphatic carbocycles. The number of methoxy groups -OCH3 is 2. The van der Waals surface area contributed by atoms with Crippen LogP contribution in [0, 0.1) is 0 Å². The number of nitrogens with zero attached hydrogens (tertiary/aromatic N) is 3. The van der Waals surface area contributed by atoms with Gasteiger partial charge in [0.15, 0.2) is 0 Å². The first-order valence-corrected chi connectivity index (χ1v) is 11.3. The van der Waals surface area contributed by atoms with Gasteiger partial charge in [-0.05, 0) is 61.4 Å². The summed E-state index contributed by atoms with van der Waals surface area (Å²) in [6, 6.07) is 12.1. The van der Waals surface area contributed by atoms with Gasteiger partial charge in [-0.1, -0.05) is 5.10 Å². The van der Waals surface area contributed by atoms with Crippen molar-refractivity contribution < 1.29 is 27.1 Å². The normalized spacial score (nSPS) is 16.6. The maximum Gasteiger partial charge on any atom is 0.322 e. The molecule has 1 aliphatic rings. The van der Waals surface area contributed by atoms with Gasteiger partial charge in [0, 0.05) is 12.1 Å². The molecule has 0 radical (unpaired) electrons. The van der Waals surface area contributed by atoms with Gasteiger partial charge in [-0.2, -0.15) is 4.31 Å². The Morgan fingerprint density at radius 3 is 2.28 bits per heavy atom. The lowest BCUT2D eigenvalue weighted by Gasteiger charge is -2.22. The summed E-state index contributed by atoms with van der Waals surface area (Å²) in [6.07, 6.45) is 0.953. The molecule has 1 N–H and O–H groups in total. The predicted molar refractivity (Wildman–Crippen MR) is 115 cm³/mol. The zero-order chi connectivity index (χ0) is 22.7. The summed E-state index contributed by atoms with van der Waals surface area (Å²) >= 11 is 0. The zero-order valence-corrected chi connectivity index (χ0v) is 18.3. The summed E-state index contributed by atoms with van der Waals surface area (Å²) in [5.74, 6) is 0.923. The second-order valence-corrected chi connectivity index (χ2v) is 8.97. The fraction of sp³-hybridized carbons (Fsp3) is 0.286. The van der Waals surface area contributed by atoms with E-state index in [1.807, 2.05) is 0 Å². The second-order valence-electron chi connectivity index (χ2n) is 7.08. The molecule has 2 aromatic carbocycles. The van der Waals surface area contributed by atoms with Crippen LogP contribution >= 0.6 is 0 Å². The van der Waals surface area contributed by atoms with Crippen LogP contribution in [-0.2, 0) is 14.8 Å². The Morgan fingerprint density at radius 2 is 1.66 bits per heavy atom. The van der Waals surface area contributed by atoms with E-state index in [0.29, 0.717) is 29.9 Å². The summed E-state index contributed by atoms with van der Waals surface area (Å²) in [4.78, 5) is 12.9. The van der Waals surface area contributed by atoms with Crippen LogP contribution in [0.3, 0.4) is 0 Å². The van der Waals surface area contributed by atoms with E-state index in [0.717, 1.165) is 0 Å². The molecule has 0 bridgehead atoms. The molecule has 32 heavy (non-hydrogen) atoms. The number of amides is 1. The van der Waals surface area contributed by atoms with Crippen LogP contribution in [0.25, 0.3) is 11.5 Å². The molecule has 1 fully saturated rings. The molecule has 1 saturated heterocycles. The van der Waals surface area contributed by atoms with Crippen LogP contribution in [-0.4, -0.2) is 55.6 Å². The molecule has 4 rings (SSSR count). The van der Waals surface area contributed by atoms with Crippen molar-refractivity contribution in [1.29, 1.82) is 0 Å². The molecule has 3 aromatic rings. The molecular weight excluding hydrogens is 436 g/mol. The maximum atomic E-state index is 13.1. The van der Waals surface area contributed by atoms with E-state index in [-0.39, 0.29) is 23.3 Å². The summed E-state index contributed by atoms with van der Waals surface area (Å²) in [5, 5.41) is 10.3. The van der Waals surface area contributed by atoms with Gasteiger partial charge < -0.3 is 13.9 Å². The lowest BCUT2D eigenvalue weighted by molar-refractivity contribution is -0.119. The highest BCUT2D eigenvalue weighted by atomic mass is 32.2. The van der Waals surface area contributed by atoms with E-state index in [1.165, 1.54) is 23.5 Å². The lowest BCUT2D eigenvalue weighted by Crippen LogP contribution is -2.43. The molecule has 1 atom stereocenters. The summed E-state index contributed by atoms with van der Waals surface area (Å²) < 4.78 is 43.1. The second kappa shape index (κ2) is 8.97. The van der Waals surface area contributed by atoms with Crippen LogP contribution in [0.4, 0.5) is 6.01 Å². The van der Waals surface area contributed by atoms with Crippen LogP contribution in [0.2, 0.25) is 0 Å². The topological polar surface area (TPSA) is 124 Å². The third-order valence-electron chi connectivity index (χ3n) is 5.16. The van der Waals surface area contributed by atoms with Gasteiger partial charge in [0.25, 0.3) is 0 Å². The Labute approximate surface area is 185 Å². The number of aromatic nitrogens is 2. The molecule has 0 saturated carbocycles. The van der Waals surface area contributed by atoms with Crippen molar-refractivity contribution in [3.05, 3.63) is 48.5 Å². The Bertz CT molecular complexity index is 1190. The molecule has 1 amide bonds. The van der Waals surface area contributed by atoms with Crippen molar-refractivity contribution in [2.45, 2.75) is 23.8 Å². The van der Waals surface area contributed by atoms with Crippen molar-refractivity contribution in [1.82, 2.24) is 14.5 Å². The Hall–Kier alpha value is -3.44. The minimum atomic E-state index is -3.86. The SMILES string of the molecule is COc1ccc(-c2nnc(NC(=O)C3CCCN3S(=O)(=O)c3ccc(OC)cc3)o2)cc1. The van der Waals surface area contributed by atoms with E-state index >= 15 is 0 Å². The monoisotopic (exact) mass is 458 g/mol. The number of carbonyl (C=O) groups excluding carboxylic acids is 1. The fourth-order valence-corrected chi connectivity index (χ4v) is 5.14. The van der Waals surface area contributed by atoms with E-state index in [2.05, 4.69) is 15.5 Å². The molecule has 11 heteroatoms. The number of nitrogens with one attached hydrogen (secondary N) is 1. The van der Waals surface area contributed by atoms with Gasteiger partial charge in [0.05, 0.1) is 19.1 Å². The number of hydrogen-bond acceptors (Lipinski definition) is 8. The lowest BCUT2D eigenvalue weighted by atomic mass is 10.2. The Morgan fingerprint density at radius 1 is 1.03 bits per heavy atom. The first-order valence-electron chi connectivity index (χ1n) is 9.87. The summed E-state index contributed by atoms with van der Waals surface area (Å²) in [5.41, 5.74) is 0.656. The molecule has 10 nitrogen and oxygen atoms in total. The molecule has 2 heterocycles. The van der Waals surface area contributed by atoms with Gasteiger partial charge in [0.2, 0.25) is 21.8 Å². The predicted octanol–water partition coefficient (Wildman–Crippen LogP) is 2.55. The van der Waals surface area contributed by atoms with Crippen molar-refractivity contribution in [2.24, 2.45) is 0 Å². The number of anilines is 1. The first kappa shape index (κ1) is 21.8. The van der Waals surface area contributed by atoms with Gasteiger partial charge >= 0.3 is 6.01 Å². The van der Waals surface area contributed by atoms with Crippen molar-refractivity contribution >= 4 is 21.9 Å².